The van der Waals surface area contributed by atoms with Crippen molar-refractivity contribution in [3.8, 4) is 0 Å². The molecule has 0 atom stereocenters. The molecule has 2 heterocycles. The Bertz CT molecular complexity index is 453. The Hall–Kier alpha value is -1.55. The van der Waals surface area contributed by atoms with Gasteiger partial charge in [0.25, 0.3) is 0 Å². The van der Waals surface area contributed by atoms with E-state index in [0.29, 0.717) is 12.6 Å². The Morgan fingerprint density at radius 3 is 2.88 bits per heavy atom. The lowest BCUT2D eigenvalue weighted by molar-refractivity contribution is 0.558. The lowest BCUT2D eigenvalue weighted by Crippen LogP contribution is -2.11. The van der Waals surface area contributed by atoms with Crippen molar-refractivity contribution in [2.24, 2.45) is 5.73 Å². The molecule has 2 aromatic rings. The first-order valence-electron chi connectivity index (χ1n) is 5.57. The highest BCUT2D eigenvalue weighted by Gasteiger charge is 2.07. The van der Waals surface area contributed by atoms with E-state index in [9.17, 15) is 0 Å². The summed E-state index contributed by atoms with van der Waals surface area (Å²) < 4.78 is 4.34. The number of aromatic nitrogens is 3. The summed E-state index contributed by atoms with van der Waals surface area (Å²) in [4.78, 5) is 4.20. The van der Waals surface area contributed by atoms with Crippen LogP contribution in [0.15, 0.2) is 30.9 Å². The molecular formula is C12H18N4. The third-order valence-corrected chi connectivity index (χ3v) is 2.77. The molecule has 0 saturated heterocycles. The molecular weight excluding hydrogens is 200 g/mol. The molecule has 0 aliphatic carbocycles. The minimum absolute atomic E-state index is 0.439. The summed E-state index contributed by atoms with van der Waals surface area (Å²) in [5.74, 6) is 0. The first-order chi connectivity index (χ1) is 7.72. The number of hydrogen-bond donors (Lipinski definition) is 1. The SMILES string of the molecule is CC(C)n1cncc1Cn1cccc1CN. The van der Waals surface area contributed by atoms with Crippen molar-refractivity contribution in [3.05, 3.63) is 42.2 Å². The van der Waals surface area contributed by atoms with Gasteiger partial charge in [-0.05, 0) is 26.0 Å². The normalized spacial score (nSPS) is 11.2. The lowest BCUT2D eigenvalue weighted by Gasteiger charge is -2.13. The number of imidazole rings is 1. The lowest BCUT2D eigenvalue weighted by atomic mass is 10.3. The van der Waals surface area contributed by atoms with Crippen molar-refractivity contribution in [1.29, 1.82) is 0 Å². The van der Waals surface area contributed by atoms with Gasteiger partial charge in [-0.1, -0.05) is 0 Å². The third-order valence-electron chi connectivity index (χ3n) is 2.77. The van der Waals surface area contributed by atoms with Crippen molar-refractivity contribution in [2.45, 2.75) is 33.0 Å². The smallest absolute Gasteiger partial charge is 0.0951 e. The Morgan fingerprint density at radius 2 is 2.19 bits per heavy atom. The van der Waals surface area contributed by atoms with Gasteiger partial charge in [-0.25, -0.2) is 4.98 Å². The zero-order valence-electron chi connectivity index (χ0n) is 9.80. The van der Waals surface area contributed by atoms with Gasteiger partial charge in [0.05, 0.1) is 18.6 Å². The molecule has 0 bridgehead atoms. The van der Waals surface area contributed by atoms with E-state index in [1.54, 1.807) is 0 Å². The average Bonchev–Trinajstić information content (AvgIpc) is 2.86. The number of nitrogens with two attached hydrogens (primary N) is 1. The maximum absolute atomic E-state index is 5.68. The summed E-state index contributed by atoms with van der Waals surface area (Å²) >= 11 is 0. The van der Waals surface area contributed by atoms with Gasteiger partial charge in [-0.2, -0.15) is 0 Å². The Kier molecular flexibility index (Phi) is 3.10. The van der Waals surface area contributed by atoms with E-state index in [-0.39, 0.29) is 0 Å². The summed E-state index contributed by atoms with van der Waals surface area (Å²) in [7, 11) is 0. The fourth-order valence-electron chi connectivity index (χ4n) is 1.88. The first-order valence-corrected chi connectivity index (χ1v) is 5.57. The van der Waals surface area contributed by atoms with E-state index < -0.39 is 0 Å². The van der Waals surface area contributed by atoms with E-state index in [2.05, 4.69) is 40.2 Å². The molecule has 0 radical (unpaired) electrons. The van der Waals surface area contributed by atoms with Gasteiger partial charge >= 0.3 is 0 Å². The summed E-state index contributed by atoms with van der Waals surface area (Å²) in [6.45, 7) is 5.72. The largest absolute Gasteiger partial charge is 0.344 e. The molecule has 0 aliphatic rings. The summed E-state index contributed by atoms with van der Waals surface area (Å²) in [5.41, 5.74) is 8.04. The predicted octanol–water partition coefficient (Wildman–Crippen LogP) is 1.77. The van der Waals surface area contributed by atoms with Gasteiger partial charge < -0.3 is 14.9 Å². The molecule has 2 rings (SSSR count). The van der Waals surface area contributed by atoms with Crippen LogP contribution in [0.5, 0.6) is 0 Å². The summed E-state index contributed by atoms with van der Waals surface area (Å²) in [6, 6.07) is 4.52. The maximum Gasteiger partial charge on any atom is 0.0951 e. The molecule has 0 amide bonds. The average molecular weight is 218 g/mol. The zero-order chi connectivity index (χ0) is 11.5. The second-order valence-electron chi connectivity index (χ2n) is 4.22. The molecule has 2 N–H and O–H groups in total. The third kappa shape index (κ3) is 2.02. The first kappa shape index (κ1) is 11.0. The van der Waals surface area contributed by atoms with E-state index in [1.807, 2.05) is 18.6 Å². The van der Waals surface area contributed by atoms with E-state index in [1.165, 1.54) is 5.69 Å². The highest BCUT2D eigenvalue weighted by Crippen LogP contribution is 2.12. The van der Waals surface area contributed by atoms with Gasteiger partial charge in [0.2, 0.25) is 0 Å². The second-order valence-corrected chi connectivity index (χ2v) is 4.22. The fraction of sp³-hybridized carbons (Fsp3) is 0.417. The van der Waals surface area contributed by atoms with Crippen LogP contribution in [0.3, 0.4) is 0 Å². The van der Waals surface area contributed by atoms with Gasteiger partial charge in [0.15, 0.2) is 0 Å². The van der Waals surface area contributed by atoms with Crippen molar-refractivity contribution >= 4 is 0 Å². The maximum atomic E-state index is 5.68. The van der Waals surface area contributed by atoms with Crippen LogP contribution in [0.25, 0.3) is 0 Å². The highest BCUT2D eigenvalue weighted by molar-refractivity contribution is 5.10. The molecule has 0 spiro atoms. The Morgan fingerprint density at radius 1 is 1.38 bits per heavy atom. The van der Waals surface area contributed by atoms with Crippen molar-refractivity contribution in [3.63, 3.8) is 0 Å². The monoisotopic (exact) mass is 218 g/mol. The Labute approximate surface area is 95.7 Å². The molecule has 86 valence electrons. The Balaban J connectivity index is 2.23. The molecule has 4 heteroatoms. The van der Waals surface area contributed by atoms with E-state index in [0.717, 1.165) is 12.2 Å². The van der Waals surface area contributed by atoms with Gasteiger partial charge in [0.1, 0.15) is 0 Å². The van der Waals surface area contributed by atoms with Crippen molar-refractivity contribution in [2.75, 3.05) is 0 Å². The van der Waals surface area contributed by atoms with Crippen LogP contribution in [0.2, 0.25) is 0 Å². The van der Waals surface area contributed by atoms with Crippen LogP contribution in [0.4, 0.5) is 0 Å². The van der Waals surface area contributed by atoms with Gasteiger partial charge in [0, 0.05) is 30.7 Å². The highest BCUT2D eigenvalue weighted by atomic mass is 15.1. The number of rotatable bonds is 4. The van der Waals surface area contributed by atoms with Crippen LogP contribution >= 0.6 is 0 Å². The zero-order valence-corrected chi connectivity index (χ0v) is 9.80. The quantitative estimate of drug-likeness (QED) is 0.850. The molecule has 2 aromatic heterocycles. The minimum Gasteiger partial charge on any atom is -0.344 e. The second kappa shape index (κ2) is 4.53. The van der Waals surface area contributed by atoms with Gasteiger partial charge in [-0.3, -0.25) is 0 Å². The minimum atomic E-state index is 0.439. The summed E-state index contributed by atoms with van der Waals surface area (Å²) in [5, 5.41) is 0. The molecule has 0 unspecified atom stereocenters. The van der Waals surface area contributed by atoms with Crippen LogP contribution in [0, 0.1) is 0 Å². The number of nitrogens with zero attached hydrogens (tertiary/aromatic N) is 3. The van der Waals surface area contributed by atoms with Crippen LogP contribution in [0.1, 0.15) is 31.3 Å². The molecule has 0 aliphatic heterocycles. The fourth-order valence-corrected chi connectivity index (χ4v) is 1.88. The molecule has 16 heavy (non-hydrogen) atoms. The molecule has 0 fully saturated rings. The van der Waals surface area contributed by atoms with Crippen molar-refractivity contribution < 1.29 is 0 Å². The van der Waals surface area contributed by atoms with Crippen molar-refractivity contribution in [1.82, 2.24) is 14.1 Å². The van der Waals surface area contributed by atoms with Crippen LogP contribution in [-0.4, -0.2) is 14.1 Å². The molecule has 0 saturated carbocycles. The van der Waals surface area contributed by atoms with Crippen LogP contribution < -0.4 is 5.73 Å². The van der Waals surface area contributed by atoms with Gasteiger partial charge in [-0.15, -0.1) is 0 Å². The molecule has 4 nitrogen and oxygen atoms in total. The summed E-state index contributed by atoms with van der Waals surface area (Å²) in [6.07, 6.45) is 5.85. The van der Waals surface area contributed by atoms with Crippen LogP contribution in [-0.2, 0) is 13.1 Å². The topological polar surface area (TPSA) is 48.8 Å². The van der Waals surface area contributed by atoms with E-state index >= 15 is 0 Å². The van der Waals surface area contributed by atoms with E-state index in [4.69, 9.17) is 5.73 Å². The molecule has 0 aromatic carbocycles. The standard InChI is InChI=1S/C12H18N4/c1-10(2)16-9-14-7-12(16)8-15-5-3-4-11(15)6-13/h3-5,7,9-10H,6,8,13H2,1-2H3. The predicted molar refractivity (Wildman–Crippen MR) is 64.0 cm³/mol. The number of hydrogen-bond acceptors (Lipinski definition) is 2.